The molecule has 1 atom stereocenters. The molecular formula is C13H24N2O4. The highest BCUT2D eigenvalue weighted by molar-refractivity contribution is 5.96. The third-order valence-corrected chi connectivity index (χ3v) is 3.06. The number of urea groups is 1. The lowest BCUT2D eigenvalue weighted by atomic mass is 9.89. The molecule has 0 heterocycles. The van der Waals surface area contributed by atoms with E-state index in [0.29, 0.717) is 12.5 Å². The van der Waals surface area contributed by atoms with Gasteiger partial charge in [0.2, 0.25) is 5.91 Å². The Morgan fingerprint density at radius 2 is 1.84 bits per heavy atom. The molecule has 0 aliphatic rings. The molecule has 1 unspecified atom stereocenters. The van der Waals surface area contributed by atoms with Crippen LogP contribution in [0, 0.1) is 11.3 Å². The van der Waals surface area contributed by atoms with Crippen molar-refractivity contribution < 1.29 is 19.5 Å². The van der Waals surface area contributed by atoms with Crippen molar-refractivity contribution >= 4 is 17.9 Å². The standard InChI is InChI=1S/C13H24N2O4/c1-6-9(2)8-15(5)12(19)14-10(16)7-13(3,4)11(17)18/h9H,6-8H2,1-5H3,(H,17,18)(H,14,16,19). The van der Waals surface area contributed by atoms with E-state index >= 15 is 0 Å². The zero-order valence-corrected chi connectivity index (χ0v) is 12.3. The van der Waals surface area contributed by atoms with Gasteiger partial charge in [0.15, 0.2) is 0 Å². The summed E-state index contributed by atoms with van der Waals surface area (Å²) < 4.78 is 0. The van der Waals surface area contributed by atoms with Crippen LogP contribution in [0.3, 0.4) is 0 Å². The van der Waals surface area contributed by atoms with Crippen molar-refractivity contribution in [3.63, 3.8) is 0 Å². The minimum atomic E-state index is -1.18. The molecule has 0 radical (unpaired) electrons. The second-order valence-corrected chi connectivity index (χ2v) is 5.61. The van der Waals surface area contributed by atoms with Gasteiger partial charge in [0.05, 0.1) is 5.41 Å². The molecule has 6 nitrogen and oxygen atoms in total. The molecule has 110 valence electrons. The summed E-state index contributed by atoms with van der Waals surface area (Å²) in [5.74, 6) is -1.29. The molecule has 3 amide bonds. The Bertz CT molecular complexity index is 353. The number of hydrogen-bond donors (Lipinski definition) is 2. The molecular weight excluding hydrogens is 248 g/mol. The van der Waals surface area contributed by atoms with E-state index < -0.39 is 23.3 Å². The molecule has 0 aromatic heterocycles. The first kappa shape index (κ1) is 17.4. The maximum atomic E-state index is 11.7. The van der Waals surface area contributed by atoms with Crippen molar-refractivity contribution in [3.05, 3.63) is 0 Å². The van der Waals surface area contributed by atoms with Crippen LogP contribution in [0.4, 0.5) is 4.79 Å². The Labute approximate surface area is 114 Å². The molecule has 6 heteroatoms. The van der Waals surface area contributed by atoms with E-state index in [-0.39, 0.29) is 6.42 Å². The fourth-order valence-corrected chi connectivity index (χ4v) is 1.42. The van der Waals surface area contributed by atoms with Crippen LogP contribution in [0.2, 0.25) is 0 Å². The summed E-state index contributed by atoms with van der Waals surface area (Å²) in [6, 6.07) is -0.494. The average molecular weight is 272 g/mol. The first-order valence-corrected chi connectivity index (χ1v) is 6.38. The number of hydrogen-bond acceptors (Lipinski definition) is 3. The van der Waals surface area contributed by atoms with Gasteiger partial charge in [-0.1, -0.05) is 20.3 Å². The second-order valence-electron chi connectivity index (χ2n) is 5.61. The number of carboxylic acid groups (broad SMARTS) is 1. The molecule has 0 aromatic rings. The van der Waals surface area contributed by atoms with E-state index in [1.165, 1.54) is 18.7 Å². The number of imide groups is 1. The fraction of sp³-hybridized carbons (Fsp3) is 0.769. The highest BCUT2D eigenvalue weighted by atomic mass is 16.4. The highest BCUT2D eigenvalue weighted by Crippen LogP contribution is 2.20. The van der Waals surface area contributed by atoms with Crippen molar-refractivity contribution in [2.45, 2.75) is 40.5 Å². The number of amides is 3. The van der Waals surface area contributed by atoms with Crippen LogP contribution in [0.15, 0.2) is 0 Å². The predicted molar refractivity (Wildman–Crippen MR) is 71.7 cm³/mol. The Hall–Kier alpha value is -1.59. The van der Waals surface area contributed by atoms with Crippen molar-refractivity contribution in [1.29, 1.82) is 0 Å². The Balaban J connectivity index is 4.34. The van der Waals surface area contributed by atoms with Gasteiger partial charge >= 0.3 is 12.0 Å². The van der Waals surface area contributed by atoms with Gasteiger partial charge in [-0.3, -0.25) is 14.9 Å². The molecule has 19 heavy (non-hydrogen) atoms. The molecule has 0 aliphatic heterocycles. The Kier molecular flexibility index (Phi) is 6.52. The number of carbonyl (C=O) groups is 3. The normalized spacial score (nSPS) is 12.7. The fourth-order valence-electron chi connectivity index (χ4n) is 1.42. The molecule has 2 N–H and O–H groups in total. The lowest BCUT2D eigenvalue weighted by Gasteiger charge is -2.22. The van der Waals surface area contributed by atoms with Gasteiger partial charge in [-0.2, -0.15) is 0 Å². The van der Waals surface area contributed by atoms with Gasteiger partial charge in [-0.25, -0.2) is 4.79 Å². The molecule has 0 aliphatic carbocycles. The van der Waals surface area contributed by atoms with E-state index in [0.717, 1.165) is 6.42 Å². The number of carboxylic acids is 1. The van der Waals surface area contributed by atoms with Crippen LogP contribution in [0.25, 0.3) is 0 Å². The van der Waals surface area contributed by atoms with E-state index in [4.69, 9.17) is 5.11 Å². The monoisotopic (exact) mass is 272 g/mol. The largest absolute Gasteiger partial charge is 0.481 e. The number of nitrogens with zero attached hydrogens (tertiary/aromatic N) is 1. The van der Waals surface area contributed by atoms with E-state index in [1.807, 2.05) is 13.8 Å². The Morgan fingerprint density at radius 3 is 2.26 bits per heavy atom. The number of carbonyl (C=O) groups excluding carboxylic acids is 2. The van der Waals surface area contributed by atoms with Crippen LogP contribution in [0.1, 0.15) is 40.5 Å². The first-order valence-electron chi connectivity index (χ1n) is 6.38. The smallest absolute Gasteiger partial charge is 0.323 e. The van der Waals surface area contributed by atoms with Crippen LogP contribution in [0.5, 0.6) is 0 Å². The number of aliphatic carboxylic acids is 1. The van der Waals surface area contributed by atoms with Crippen molar-refractivity contribution in [2.24, 2.45) is 11.3 Å². The molecule has 0 bridgehead atoms. The van der Waals surface area contributed by atoms with Crippen molar-refractivity contribution in [3.8, 4) is 0 Å². The number of nitrogens with one attached hydrogen (secondary N) is 1. The minimum Gasteiger partial charge on any atom is -0.481 e. The maximum absolute atomic E-state index is 11.7. The van der Waals surface area contributed by atoms with Gasteiger partial charge in [-0.15, -0.1) is 0 Å². The molecule has 0 spiro atoms. The quantitative estimate of drug-likeness (QED) is 0.770. The topological polar surface area (TPSA) is 86.7 Å². The molecule has 0 saturated carbocycles. The summed E-state index contributed by atoms with van der Waals surface area (Å²) >= 11 is 0. The van der Waals surface area contributed by atoms with Crippen LogP contribution < -0.4 is 5.32 Å². The molecule has 0 fully saturated rings. The molecule has 0 rings (SSSR count). The zero-order chi connectivity index (χ0) is 15.2. The van der Waals surface area contributed by atoms with Gasteiger partial charge in [0.1, 0.15) is 0 Å². The second kappa shape index (κ2) is 7.11. The van der Waals surface area contributed by atoms with E-state index in [9.17, 15) is 14.4 Å². The molecule has 0 saturated heterocycles. The lowest BCUT2D eigenvalue weighted by Crippen LogP contribution is -2.44. The minimum absolute atomic E-state index is 0.231. The van der Waals surface area contributed by atoms with Crippen molar-refractivity contribution in [2.75, 3.05) is 13.6 Å². The third kappa shape index (κ3) is 6.22. The highest BCUT2D eigenvalue weighted by Gasteiger charge is 2.31. The van der Waals surface area contributed by atoms with E-state index in [1.54, 1.807) is 7.05 Å². The van der Waals surface area contributed by atoms with E-state index in [2.05, 4.69) is 5.32 Å². The van der Waals surface area contributed by atoms with Gasteiger partial charge in [-0.05, 0) is 19.8 Å². The summed E-state index contributed by atoms with van der Waals surface area (Å²) in [4.78, 5) is 35.6. The summed E-state index contributed by atoms with van der Waals surface area (Å²) in [5.41, 5.74) is -1.18. The predicted octanol–water partition coefficient (Wildman–Crippen LogP) is 1.70. The van der Waals surface area contributed by atoms with Gasteiger partial charge < -0.3 is 10.0 Å². The average Bonchev–Trinajstić information content (AvgIpc) is 2.27. The zero-order valence-electron chi connectivity index (χ0n) is 12.3. The van der Waals surface area contributed by atoms with Gasteiger partial charge in [0, 0.05) is 20.0 Å². The Morgan fingerprint density at radius 1 is 1.32 bits per heavy atom. The van der Waals surface area contributed by atoms with Crippen LogP contribution in [-0.4, -0.2) is 41.5 Å². The summed E-state index contributed by atoms with van der Waals surface area (Å²) in [6.45, 7) is 7.48. The third-order valence-electron chi connectivity index (χ3n) is 3.06. The van der Waals surface area contributed by atoms with Crippen LogP contribution >= 0.6 is 0 Å². The van der Waals surface area contributed by atoms with Crippen LogP contribution in [-0.2, 0) is 9.59 Å². The lowest BCUT2D eigenvalue weighted by molar-refractivity contribution is -0.149. The summed E-state index contributed by atoms with van der Waals surface area (Å²) in [6.07, 6.45) is 0.711. The first-order chi connectivity index (χ1) is 8.60. The van der Waals surface area contributed by atoms with Crippen molar-refractivity contribution in [1.82, 2.24) is 10.2 Å². The molecule has 0 aromatic carbocycles. The maximum Gasteiger partial charge on any atom is 0.323 e. The SMILES string of the molecule is CCC(C)CN(C)C(=O)NC(=O)CC(C)(C)C(=O)O. The van der Waals surface area contributed by atoms with Gasteiger partial charge in [0.25, 0.3) is 0 Å². The summed E-state index contributed by atoms with van der Waals surface area (Å²) in [5, 5.41) is 11.1. The summed E-state index contributed by atoms with van der Waals surface area (Å²) in [7, 11) is 1.61. The number of rotatable bonds is 6.